The van der Waals surface area contributed by atoms with Crippen LogP contribution in [0.4, 0.5) is 0 Å². The maximum Gasteiger partial charge on any atom is 0.327 e. The first-order chi connectivity index (χ1) is 14.2. The molecule has 2 aromatic carbocycles. The van der Waals surface area contributed by atoms with Crippen LogP contribution in [0.3, 0.4) is 0 Å². The van der Waals surface area contributed by atoms with Crippen LogP contribution in [0.15, 0.2) is 47.8 Å². The number of para-hydroxylation sites is 1. The minimum Gasteiger partial charge on any atom is -0.493 e. The van der Waals surface area contributed by atoms with Crippen LogP contribution in [0.2, 0.25) is 0 Å². The van der Waals surface area contributed by atoms with E-state index in [1.165, 1.54) is 11.7 Å². The molecule has 160 valence electrons. The van der Waals surface area contributed by atoms with E-state index in [2.05, 4.69) is 11.6 Å². The SMILES string of the molecule is C=C(C)c1cccc2c1[nH]c(=O)n2[C@H](CS(C)(=O)=O)c1ccc(OC)c(OCC)c1. The normalized spacial score (nSPS) is 12.7. The fourth-order valence-corrected chi connectivity index (χ4v) is 4.50. The van der Waals surface area contributed by atoms with Crippen LogP contribution in [0.25, 0.3) is 16.6 Å². The van der Waals surface area contributed by atoms with E-state index in [1.54, 1.807) is 24.3 Å². The quantitative estimate of drug-likeness (QED) is 0.591. The Bertz CT molecular complexity index is 1250. The molecule has 1 heterocycles. The number of aromatic amines is 1. The van der Waals surface area contributed by atoms with Gasteiger partial charge in [0, 0.05) is 11.8 Å². The smallest absolute Gasteiger partial charge is 0.327 e. The van der Waals surface area contributed by atoms with E-state index in [0.717, 1.165) is 17.4 Å². The molecule has 30 heavy (non-hydrogen) atoms. The van der Waals surface area contributed by atoms with Crippen molar-refractivity contribution in [3.8, 4) is 11.5 Å². The number of nitrogens with zero attached hydrogens (tertiary/aromatic N) is 1. The van der Waals surface area contributed by atoms with Gasteiger partial charge in [0.25, 0.3) is 0 Å². The van der Waals surface area contributed by atoms with E-state index in [-0.39, 0.29) is 11.4 Å². The summed E-state index contributed by atoms with van der Waals surface area (Å²) in [6, 6.07) is 9.95. The lowest BCUT2D eigenvalue weighted by molar-refractivity contribution is 0.310. The molecule has 0 amide bonds. The third kappa shape index (κ3) is 4.28. The molecule has 3 aromatic rings. The molecule has 1 atom stereocenters. The van der Waals surface area contributed by atoms with Gasteiger partial charge in [-0.25, -0.2) is 13.2 Å². The summed E-state index contributed by atoms with van der Waals surface area (Å²) < 4.78 is 37.0. The second-order valence-corrected chi connectivity index (χ2v) is 9.42. The molecule has 0 saturated heterocycles. The van der Waals surface area contributed by atoms with Crippen molar-refractivity contribution in [2.45, 2.75) is 19.9 Å². The molecule has 8 heteroatoms. The maximum atomic E-state index is 13.0. The summed E-state index contributed by atoms with van der Waals surface area (Å²) in [4.78, 5) is 15.8. The number of fused-ring (bicyclic) bond motifs is 1. The highest BCUT2D eigenvalue weighted by Crippen LogP contribution is 2.33. The number of ether oxygens (including phenoxy) is 2. The van der Waals surface area contributed by atoms with E-state index >= 15 is 0 Å². The summed E-state index contributed by atoms with van der Waals surface area (Å²) in [6.45, 7) is 8.10. The molecule has 1 aromatic heterocycles. The molecule has 0 radical (unpaired) electrons. The molecule has 0 bridgehead atoms. The summed E-state index contributed by atoms with van der Waals surface area (Å²) in [6.07, 6.45) is 1.16. The lowest BCUT2D eigenvalue weighted by Gasteiger charge is -2.20. The summed E-state index contributed by atoms with van der Waals surface area (Å²) in [7, 11) is -1.88. The average molecular weight is 431 g/mol. The molecule has 0 spiro atoms. The third-order valence-electron chi connectivity index (χ3n) is 4.86. The van der Waals surface area contributed by atoms with Gasteiger partial charge in [0.2, 0.25) is 0 Å². The summed E-state index contributed by atoms with van der Waals surface area (Å²) in [5.41, 5.74) is 3.10. The summed E-state index contributed by atoms with van der Waals surface area (Å²) in [5.74, 6) is 0.788. The van der Waals surface area contributed by atoms with Crippen molar-refractivity contribution in [2.24, 2.45) is 0 Å². The summed E-state index contributed by atoms with van der Waals surface area (Å²) >= 11 is 0. The first kappa shape index (κ1) is 21.7. The zero-order valence-corrected chi connectivity index (χ0v) is 18.4. The monoisotopic (exact) mass is 430 g/mol. The van der Waals surface area contributed by atoms with Gasteiger partial charge in [-0.2, -0.15) is 0 Å². The van der Waals surface area contributed by atoms with Gasteiger partial charge < -0.3 is 14.5 Å². The first-order valence-electron chi connectivity index (χ1n) is 9.53. The Morgan fingerprint density at radius 3 is 2.57 bits per heavy atom. The predicted octanol–water partition coefficient (Wildman–Crippen LogP) is 3.40. The van der Waals surface area contributed by atoms with Gasteiger partial charge in [-0.1, -0.05) is 24.8 Å². The number of H-pyrrole nitrogens is 1. The Morgan fingerprint density at radius 2 is 1.97 bits per heavy atom. The summed E-state index contributed by atoms with van der Waals surface area (Å²) in [5, 5.41) is 0. The Kier molecular flexibility index (Phi) is 6.07. The van der Waals surface area contributed by atoms with Crippen LogP contribution in [0.5, 0.6) is 11.5 Å². The highest BCUT2D eigenvalue weighted by molar-refractivity contribution is 7.90. The van der Waals surface area contributed by atoms with E-state index in [0.29, 0.717) is 34.7 Å². The van der Waals surface area contributed by atoms with E-state index < -0.39 is 15.9 Å². The molecular formula is C22H26N2O5S. The fourth-order valence-electron chi connectivity index (χ4n) is 3.59. The maximum absolute atomic E-state index is 13.0. The molecule has 0 aliphatic heterocycles. The van der Waals surface area contributed by atoms with Crippen molar-refractivity contribution >= 4 is 26.4 Å². The second kappa shape index (κ2) is 8.39. The predicted molar refractivity (Wildman–Crippen MR) is 119 cm³/mol. The van der Waals surface area contributed by atoms with Gasteiger partial charge in [-0.3, -0.25) is 4.57 Å². The van der Waals surface area contributed by atoms with Gasteiger partial charge in [0.1, 0.15) is 9.84 Å². The molecular weight excluding hydrogens is 404 g/mol. The Morgan fingerprint density at radius 1 is 1.23 bits per heavy atom. The third-order valence-corrected chi connectivity index (χ3v) is 5.78. The van der Waals surface area contributed by atoms with Gasteiger partial charge in [0.05, 0.1) is 36.5 Å². The van der Waals surface area contributed by atoms with Crippen molar-refractivity contribution in [1.29, 1.82) is 0 Å². The number of methoxy groups -OCH3 is 1. The van der Waals surface area contributed by atoms with Crippen molar-refractivity contribution in [1.82, 2.24) is 9.55 Å². The molecule has 0 aliphatic rings. The zero-order chi connectivity index (χ0) is 22.1. The van der Waals surface area contributed by atoms with E-state index in [1.807, 2.05) is 26.0 Å². The number of allylic oxidation sites excluding steroid dienone is 1. The highest BCUT2D eigenvalue weighted by Gasteiger charge is 2.25. The highest BCUT2D eigenvalue weighted by atomic mass is 32.2. The van der Waals surface area contributed by atoms with Crippen molar-refractivity contribution in [3.63, 3.8) is 0 Å². The van der Waals surface area contributed by atoms with Crippen molar-refractivity contribution in [3.05, 3.63) is 64.6 Å². The topological polar surface area (TPSA) is 90.4 Å². The molecule has 0 saturated carbocycles. The number of hydrogen-bond acceptors (Lipinski definition) is 5. The number of hydrogen-bond donors (Lipinski definition) is 1. The van der Waals surface area contributed by atoms with Crippen LogP contribution in [0, 0.1) is 0 Å². The van der Waals surface area contributed by atoms with E-state index in [9.17, 15) is 13.2 Å². The average Bonchev–Trinajstić information content (AvgIpc) is 3.01. The molecule has 1 N–H and O–H groups in total. The standard InChI is InChI=1S/C22H26N2O5S/c1-6-29-20-12-15(10-11-19(20)28-4)18(13-30(5,26)27)24-17-9-7-8-16(14(2)3)21(17)23-22(24)25/h7-12,18H,2,6,13H2,1,3-5H3,(H,23,25)/t18-/m1/s1. The van der Waals surface area contributed by atoms with Gasteiger partial charge >= 0.3 is 5.69 Å². The molecule has 0 fully saturated rings. The van der Waals surface area contributed by atoms with Crippen LogP contribution in [0.1, 0.15) is 31.0 Å². The number of nitrogens with one attached hydrogen (secondary N) is 1. The number of benzene rings is 2. The minimum atomic E-state index is -3.41. The van der Waals surface area contributed by atoms with Gasteiger partial charge in [-0.05, 0) is 43.2 Å². The zero-order valence-electron chi connectivity index (χ0n) is 17.6. The van der Waals surface area contributed by atoms with Crippen LogP contribution in [-0.4, -0.2) is 43.7 Å². The lowest BCUT2D eigenvalue weighted by Crippen LogP contribution is -2.28. The minimum absolute atomic E-state index is 0.241. The van der Waals surface area contributed by atoms with Crippen LogP contribution < -0.4 is 15.2 Å². The molecule has 0 aliphatic carbocycles. The fraction of sp³-hybridized carbons (Fsp3) is 0.318. The second-order valence-electron chi connectivity index (χ2n) is 7.23. The molecule has 0 unspecified atom stereocenters. The van der Waals surface area contributed by atoms with Crippen LogP contribution >= 0.6 is 0 Å². The number of aromatic nitrogens is 2. The lowest BCUT2D eigenvalue weighted by atomic mass is 10.1. The molecule has 7 nitrogen and oxygen atoms in total. The van der Waals surface area contributed by atoms with Crippen molar-refractivity contribution in [2.75, 3.05) is 25.7 Å². The first-order valence-corrected chi connectivity index (χ1v) is 11.6. The van der Waals surface area contributed by atoms with E-state index in [4.69, 9.17) is 9.47 Å². The molecule has 3 rings (SSSR count). The Balaban J connectivity index is 2.28. The Labute approximate surface area is 175 Å². The number of rotatable bonds is 8. The Hall–Kier alpha value is -3.00. The van der Waals surface area contributed by atoms with Crippen molar-refractivity contribution < 1.29 is 17.9 Å². The largest absolute Gasteiger partial charge is 0.493 e. The van der Waals surface area contributed by atoms with Crippen LogP contribution in [-0.2, 0) is 9.84 Å². The number of imidazole rings is 1. The number of sulfone groups is 1. The van der Waals surface area contributed by atoms with Gasteiger partial charge in [-0.15, -0.1) is 0 Å². The van der Waals surface area contributed by atoms with Gasteiger partial charge in [0.15, 0.2) is 11.5 Å².